The van der Waals surface area contributed by atoms with Crippen molar-refractivity contribution in [3.8, 4) is 5.69 Å². The van der Waals surface area contributed by atoms with E-state index in [0.29, 0.717) is 41.6 Å². The van der Waals surface area contributed by atoms with Crippen LogP contribution in [0.3, 0.4) is 0 Å². The fraction of sp³-hybridized carbons (Fsp3) is 0.367. The van der Waals surface area contributed by atoms with Gasteiger partial charge in [-0.1, -0.05) is 24.3 Å². The standard InChI is InChI=1S/C30H37N7O4S/c1-33-27(38)11-3-6-21-13-16-36(17-14-21)30(40)26(19-22-7-2-8-23(18-22)29(31)32)35-42(41)25-10-4-9-24(20-25)37-28(39)12-5-15-34-37/h2,4-5,7-10,12,15,18,20-21,26,35H,3,6,11,13-14,16-17,19H2,1H3,(H3,31,32)(H,33,38). The first-order valence-corrected chi connectivity index (χ1v) is 15.2. The third-order valence-electron chi connectivity index (χ3n) is 7.44. The van der Waals surface area contributed by atoms with Gasteiger partial charge < -0.3 is 16.0 Å². The summed E-state index contributed by atoms with van der Waals surface area (Å²) in [6.45, 7) is 1.17. The van der Waals surface area contributed by atoms with Crippen molar-refractivity contribution in [3.05, 3.63) is 88.3 Å². The van der Waals surface area contributed by atoms with Crippen LogP contribution in [0.15, 0.2) is 76.6 Å². The Morgan fingerprint density at radius 1 is 1.12 bits per heavy atom. The number of amidine groups is 1. The van der Waals surface area contributed by atoms with Gasteiger partial charge in [-0.25, -0.2) is 8.93 Å². The topological polar surface area (TPSA) is 163 Å². The number of carbonyl (C=O) groups excluding carboxylic acids is 2. The van der Waals surface area contributed by atoms with Crippen LogP contribution in [0.5, 0.6) is 0 Å². The van der Waals surface area contributed by atoms with Crippen molar-refractivity contribution >= 4 is 28.6 Å². The molecule has 0 saturated carbocycles. The molecular formula is C30H37N7O4S. The van der Waals surface area contributed by atoms with E-state index in [4.69, 9.17) is 11.1 Å². The van der Waals surface area contributed by atoms with Crippen molar-refractivity contribution in [1.29, 1.82) is 5.41 Å². The van der Waals surface area contributed by atoms with Crippen LogP contribution in [0.2, 0.25) is 0 Å². The first-order chi connectivity index (χ1) is 20.2. The summed E-state index contributed by atoms with van der Waals surface area (Å²) < 4.78 is 17.8. The monoisotopic (exact) mass is 591 g/mol. The summed E-state index contributed by atoms with van der Waals surface area (Å²) in [6.07, 6.45) is 5.69. The van der Waals surface area contributed by atoms with Crippen LogP contribution in [0.4, 0.5) is 0 Å². The van der Waals surface area contributed by atoms with Crippen molar-refractivity contribution in [2.75, 3.05) is 20.1 Å². The summed E-state index contributed by atoms with van der Waals surface area (Å²) in [5.41, 5.74) is 7.16. The van der Waals surface area contributed by atoms with Crippen molar-refractivity contribution in [3.63, 3.8) is 0 Å². The summed E-state index contributed by atoms with van der Waals surface area (Å²) in [7, 11) is -0.142. The van der Waals surface area contributed by atoms with Gasteiger partial charge in [0.1, 0.15) is 22.9 Å². The molecule has 1 saturated heterocycles. The third-order valence-corrected chi connectivity index (χ3v) is 8.62. The summed E-state index contributed by atoms with van der Waals surface area (Å²) in [4.78, 5) is 39.8. The highest BCUT2D eigenvalue weighted by Gasteiger charge is 2.30. The zero-order valence-electron chi connectivity index (χ0n) is 23.6. The molecule has 5 N–H and O–H groups in total. The van der Waals surface area contributed by atoms with Crippen molar-refractivity contribution < 1.29 is 13.8 Å². The van der Waals surface area contributed by atoms with E-state index in [1.165, 1.54) is 16.9 Å². The molecule has 0 aliphatic carbocycles. The van der Waals surface area contributed by atoms with Crippen LogP contribution in [0.1, 0.15) is 43.2 Å². The number of hydrogen-bond donors (Lipinski definition) is 4. The second-order valence-electron chi connectivity index (χ2n) is 10.4. The molecule has 12 heteroatoms. The van der Waals surface area contributed by atoms with Crippen LogP contribution in [0, 0.1) is 11.3 Å². The number of rotatable bonds is 12. The zero-order chi connectivity index (χ0) is 30.1. The Morgan fingerprint density at radius 2 is 1.88 bits per heavy atom. The minimum absolute atomic E-state index is 0.0380. The molecule has 1 aliphatic heterocycles. The number of amides is 2. The average Bonchev–Trinajstić information content (AvgIpc) is 3.01. The Morgan fingerprint density at radius 3 is 2.60 bits per heavy atom. The number of nitrogens with two attached hydrogens (primary N) is 1. The lowest BCUT2D eigenvalue weighted by Crippen LogP contribution is -2.50. The fourth-order valence-corrected chi connectivity index (χ4v) is 6.11. The van der Waals surface area contributed by atoms with Gasteiger partial charge in [0.05, 0.1) is 10.6 Å². The van der Waals surface area contributed by atoms with E-state index in [9.17, 15) is 18.6 Å². The van der Waals surface area contributed by atoms with Crippen molar-refractivity contribution in [2.45, 2.75) is 49.5 Å². The third kappa shape index (κ3) is 8.20. The van der Waals surface area contributed by atoms with Crippen LogP contribution >= 0.6 is 0 Å². The maximum Gasteiger partial charge on any atom is 0.271 e. The Balaban J connectivity index is 1.50. The van der Waals surface area contributed by atoms with E-state index >= 15 is 0 Å². The minimum atomic E-state index is -1.78. The molecule has 1 fully saturated rings. The molecule has 0 bridgehead atoms. The smallest absolute Gasteiger partial charge is 0.271 e. The first-order valence-electron chi connectivity index (χ1n) is 14.0. The van der Waals surface area contributed by atoms with Gasteiger partial charge in [0, 0.05) is 44.4 Å². The molecule has 2 unspecified atom stereocenters. The maximum atomic E-state index is 13.8. The van der Waals surface area contributed by atoms with E-state index in [2.05, 4.69) is 15.1 Å². The van der Waals surface area contributed by atoms with Crippen molar-refractivity contribution in [1.82, 2.24) is 24.7 Å². The molecule has 42 heavy (non-hydrogen) atoms. The molecule has 2 atom stereocenters. The molecule has 2 heterocycles. The Bertz CT molecular complexity index is 1500. The second-order valence-corrected chi connectivity index (χ2v) is 11.6. The van der Waals surface area contributed by atoms with Crippen LogP contribution in [0.25, 0.3) is 5.69 Å². The molecular weight excluding hydrogens is 554 g/mol. The number of nitrogens with one attached hydrogen (secondary N) is 3. The van der Waals surface area contributed by atoms with E-state index in [1.807, 2.05) is 11.0 Å². The highest BCUT2D eigenvalue weighted by molar-refractivity contribution is 7.83. The Labute approximate surface area is 247 Å². The van der Waals surface area contributed by atoms with Gasteiger partial charge in [0.15, 0.2) is 0 Å². The van der Waals surface area contributed by atoms with Gasteiger partial charge in [-0.2, -0.15) is 9.78 Å². The molecule has 0 spiro atoms. The number of likely N-dealkylation sites (tertiary alicyclic amines) is 1. The highest BCUT2D eigenvalue weighted by Crippen LogP contribution is 2.24. The van der Waals surface area contributed by atoms with E-state index < -0.39 is 17.0 Å². The summed E-state index contributed by atoms with van der Waals surface area (Å²) in [6, 6.07) is 15.9. The van der Waals surface area contributed by atoms with E-state index in [-0.39, 0.29) is 29.6 Å². The number of carbonyl (C=O) groups is 2. The number of benzene rings is 2. The minimum Gasteiger partial charge on any atom is -0.384 e. The zero-order valence-corrected chi connectivity index (χ0v) is 24.4. The second kappa shape index (κ2) is 14.6. The molecule has 4 rings (SSSR count). The predicted octanol–water partition coefficient (Wildman–Crippen LogP) is 1.89. The average molecular weight is 592 g/mol. The molecule has 11 nitrogen and oxygen atoms in total. The largest absolute Gasteiger partial charge is 0.384 e. The molecule has 1 aliphatic rings. The lowest BCUT2D eigenvalue weighted by molar-refractivity contribution is -0.134. The van der Waals surface area contributed by atoms with Crippen LogP contribution in [-0.4, -0.2) is 62.7 Å². The molecule has 1 aromatic heterocycles. The van der Waals surface area contributed by atoms with Gasteiger partial charge in [0.25, 0.3) is 5.56 Å². The van der Waals surface area contributed by atoms with Crippen LogP contribution < -0.4 is 21.3 Å². The van der Waals surface area contributed by atoms with Gasteiger partial charge >= 0.3 is 0 Å². The van der Waals surface area contributed by atoms with Gasteiger partial charge in [-0.05, 0) is 73.9 Å². The Kier molecular flexibility index (Phi) is 10.7. The number of hydrogen-bond acceptors (Lipinski definition) is 6. The van der Waals surface area contributed by atoms with Gasteiger partial charge in [-0.15, -0.1) is 0 Å². The van der Waals surface area contributed by atoms with Crippen LogP contribution in [-0.2, 0) is 27.0 Å². The molecule has 222 valence electrons. The summed E-state index contributed by atoms with van der Waals surface area (Å²) in [5, 5.41) is 14.5. The van der Waals surface area contributed by atoms with Gasteiger partial charge in [-0.3, -0.25) is 19.8 Å². The number of aromatic nitrogens is 2. The molecule has 0 radical (unpaired) electrons. The normalized spacial score (nSPS) is 15.1. The van der Waals surface area contributed by atoms with E-state index in [0.717, 1.165) is 31.2 Å². The number of piperidine rings is 1. The highest BCUT2D eigenvalue weighted by atomic mass is 32.2. The first kappa shape index (κ1) is 30.8. The predicted molar refractivity (Wildman–Crippen MR) is 162 cm³/mol. The van der Waals surface area contributed by atoms with Crippen molar-refractivity contribution in [2.24, 2.45) is 11.7 Å². The molecule has 3 aromatic rings. The quantitative estimate of drug-likeness (QED) is 0.186. The summed E-state index contributed by atoms with van der Waals surface area (Å²) in [5.74, 6) is 0.258. The lowest BCUT2D eigenvalue weighted by Gasteiger charge is -2.34. The number of nitrogen functional groups attached to an aromatic ring is 1. The SMILES string of the molecule is CNC(=O)CCCC1CCN(C(=O)C(Cc2cccc(C(=N)N)c2)NS(=O)c2cccc(-n3ncccc3=O)c2)CC1. The van der Waals surface area contributed by atoms with Gasteiger partial charge in [0.2, 0.25) is 11.8 Å². The van der Waals surface area contributed by atoms with E-state index in [1.54, 1.807) is 55.6 Å². The maximum absolute atomic E-state index is 13.8. The Hall–Kier alpha value is -4.16. The lowest BCUT2D eigenvalue weighted by atomic mass is 9.91. The molecule has 2 amide bonds. The number of nitrogens with zero attached hydrogens (tertiary/aromatic N) is 3. The fourth-order valence-electron chi connectivity index (χ4n) is 5.10. The summed E-state index contributed by atoms with van der Waals surface area (Å²) >= 11 is 0. The molecule has 2 aromatic carbocycles.